The summed E-state index contributed by atoms with van der Waals surface area (Å²) < 4.78 is 31.0. The van der Waals surface area contributed by atoms with Crippen molar-refractivity contribution in [2.45, 2.75) is 13.2 Å². The molecule has 8 nitrogen and oxygen atoms in total. The van der Waals surface area contributed by atoms with E-state index in [1.807, 2.05) is 5.38 Å². The van der Waals surface area contributed by atoms with Crippen LogP contribution in [0.25, 0.3) is 0 Å². The van der Waals surface area contributed by atoms with Crippen LogP contribution >= 0.6 is 11.3 Å². The standard InChI is InChI=1S/C22H17FN4O4S/c23-16-3-1-14(2-4-16)9-27-12-24-22(26-27)25-21(28)20-7-15(11-32-20)10-29-17-5-6-18-19(8-17)31-13-30-18/h1-8,11-12H,9-10,13H2,(H,25,26,28). The van der Waals surface area contributed by atoms with Gasteiger partial charge in [-0.3, -0.25) is 10.1 Å². The molecule has 1 aliphatic heterocycles. The molecule has 10 heteroatoms. The van der Waals surface area contributed by atoms with Crippen LogP contribution in [-0.2, 0) is 13.2 Å². The van der Waals surface area contributed by atoms with Crippen LogP contribution in [0.3, 0.4) is 0 Å². The molecule has 0 bridgehead atoms. The predicted octanol–water partition coefficient (Wildman–Crippen LogP) is 4.09. The van der Waals surface area contributed by atoms with Gasteiger partial charge in [-0.25, -0.2) is 14.1 Å². The lowest BCUT2D eigenvalue weighted by atomic mass is 10.2. The van der Waals surface area contributed by atoms with Crippen LogP contribution in [0.15, 0.2) is 60.2 Å². The molecule has 1 aliphatic rings. The number of hydrogen-bond acceptors (Lipinski definition) is 7. The zero-order chi connectivity index (χ0) is 21.9. The molecule has 1 amide bonds. The van der Waals surface area contributed by atoms with Crippen molar-refractivity contribution in [3.05, 3.63) is 82.1 Å². The quantitative estimate of drug-likeness (QED) is 0.455. The number of ether oxygens (including phenoxy) is 3. The van der Waals surface area contributed by atoms with Crippen molar-refractivity contribution < 1.29 is 23.4 Å². The molecule has 0 saturated carbocycles. The van der Waals surface area contributed by atoms with E-state index in [1.165, 1.54) is 29.8 Å². The van der Waals surface area contributed by atoms with Crippen molar-refractivity contribution in [2.24, 2.45) is 0 Å². The number of rotatable bonds is 7. The maximum atomic E-state index is 13.0. The van der Waals surface area contributed by atoms with E-state index in [1.54, 1.807) is 41.1 Å². The maximum absolute atomic E-state index is 13.0. The van der Waals surface area contributed by atoms with Crippen LogP contribution in [0.4, 0.5) is 10.3 Å². The zero-order valence-electron chi connectivity index (χ0n) is 16.7. The first-order chi connectivity index (χ1) is 15.6. The molecular weight excluding hydrogens is 435 g/mol. The minimum absolute atomic E-state index is 0.198. The van der Waals surface area contributed by atoms with E-state index in [4.69, 9.17) is 14.2 Å². The van der Waals surface area contributed by atoms with E-state index in [0.29, 0.717) is 35.3 Å². The van der Waals surface area contributed by atoms with Gasteiger partial charge < -0.3 is 14.2 Å². The van der Waals surface area contributed by atoms with Crippen molar-refractivity contribution in [2.75, 3.05) is 12.1 Å². The average Bonchev–Trinajstić information content (AvgIpc) is 3.54. The fourth-order valence-corrected chi connectivity index (χ4v) is 3.86. The molecule has 3 heterocycles. The highest BCUT2D eigenvalue weighted by Gasteiger charge is 2.15. The monoisotopic (exact) mass is 452 g/mol. The summed E-state index contributed by atoms with van der Waals surface area (Å²) in [5, 5.41) is 8.79. The van der Waals surface area contributed by atoms with Gasteiger partial charge in [0.1, 0.15) is 24.5 Å². The van der Waals surface area contributed by atoms with Crippen molar-refractivity contribution >= 4 is 23.2 Å². The summed E-state index contributed by atoms with van der Waals surface area (Å²) in [5.41, 5.74) is 1.74. The summed E-state index contributed by atoms with van der Waals surface area (Å²) in [6.45, 7) is 0.943. The minimum Gasteiger partial charge on any atom is -0.489 e. The fourth-order valence-electron chi connectivity index (χ4n) is 3.07. The third kappa shape index (κ3) is 4.54. The lowest BCUT2D eigenvalue weighted by Crippen LogP contribution is -2.12. The molecule has 0 saturated heterocycles. The van der Waals surface area contributed by atoms with Crippen LogP contribution in [0, 0.1) is 5.82 Å². The maximum Gasteiger partial charge on any atom is 0.268 e. The third-order valence-corrected chi connectivity index (χ3v) is 5.62. The van der Waals surface area contributed by atoms with Crippen LogP contribution in [-0.4, -0.2) is 27.5 Å². The molecule has 5 rings (SSSR count). The number of benzene rings is 2. The first-order valence-corrected chi connectivity index (χ1v) is 10.6. The molecule has 0 radical (unpaired) electrons. The number of anilines is 1. The van der Waals surface area contributed by atoms with Crippen molar-refractivity contribution in [1.29, 1.82) is 0 Å². The van der Waals surface area contributed by atoms with E-state index in [0.717, 1.165) is 11.1 Å². The molecule has 0 spiro atoms. The molecule has 32 heavy (non-hydrogen) atoms. The summed E-state index contributed by atoms with van der Waals surface area (Å²) in [5.74, 6) is 1.60. The average molecular weight is 452 g/mol. The number of fused-ring (bicyclic) bond motifs is 1. The topological polar surface area (TPSA) is 87.5 Å². The number of nitrogens with zero attached hydrogens (tertiary/aromatic N) is 3. The number of amides is 1. The Hall–Kier alpha value is -3.92. The second-order valence-corrected chi connectivity index (χ2v) is 7.88. The molecule has 4 aromatic rings. The predicted molar refractivity (Wildman–Crippen MR) is 115 cm³/mol. The molecule has 0 fully saturated rings. The van der Waals surface area contributed by atoms with Crippen LogP contribution in [0.1, 0.15) is 20.8 Å². The van der Waals surface area contributed by atoms with Crippen molar-refractivity contribution in [3.8, 4) is 17.2 Å². The van der Waals surface area contributed by atoms with Crippen LogP contribution in [0.2, 0.25) is 0 Å². The molecule has 1 N–H and O–H groups in total. The molecule has 0 atom stereocenters. The van der Waals surface area contributed by atoms with Gasteiger partial charge in [-0.2, -0.15) is 0 Å². The summed E-state index contributed by atoms with van der Waals surface area (Å²) in [4.78, 5) is 17.2. The Morgan fingerprint density at radius 1 is 1.12 bits per heavy atom. The lowest BCUT2D eigenvalue weighted by Gasteiger charge is -2.05. The first-order valence-electron chi connectivity index (χ1n) is 9.67. The highest BCUT2D eigenvalue weighted by atomic mass is 32.1. The van der Waals surface area contributed by atoms with Crippen LogP contribution in [0.5, 0.6) is 17.2 Å². The lowest BCUT2D eigenvalue weighted by molar-refractivity contribution is 0.102. The number of carbonyl (C=O) groups excluding carboxylic acids is 1. The zero-order valence-corrected chi connectivity index (χ0v) is 17.5. The number of halogens is 1. The highest BCUT2D eigenvalue weighted by molar-refractivity contribution is 7.12. The molecule has 0 unspecified atom stereocenters. The SMILES string of the molecule is O=C(Nc1ncn(Cc2ccc(F)cc2)n1)c1cc(COc2ccc3c(c2)OCO3)cs1. The van der Waals surface area contributed by atoms with Gasteiger partial charge in [-0.1, -0.05) is 12.1 Å². The Bertz CT molecular complexity index is 1260. The van der Waals surface area contributed by atoms with E-state index < -0.39 is 0 Å². The van der Waals surface area contributed by atoms with E-state index in [2.05, 4.69) is 15.4 Å². The molecule has 2 aromatic heterocycles. The van der Waals surface area contributed by atoms with Gasteiger partial charge in [-0.05, 0) is 41.3 Å². The summed E-state index contributed by atoms with van der Waals surface area (Å²) in [6.07, 6.45) is 1.51. The Morgan fingerprint density at radius 2 is 1.97 bits per heavy atom. The highest BCUT2D eigenvalue weighted by Crippen LogP contribution is 2.35. The fraction of sp³-hybridized carbons (Fsp3) is 0.136. The Balaban J connectivity index is 1.16. The molecular formula is C22H17FN4O4S. The molecule has 162 valence electrons. The number of thiophene rings is 1. The second kappa shape index (κ2) is 8.67. The summed E-state index contributed by atoms with van der Waals surface area (Å²) >= 11 is 1.31. The van der Waals surface area contributed by atoms with Crippen molar-refractivity contribution in [1.82, 2.24) is 14.8 Å². The number of nitrogens with one attached hydrogen (secondary N) is 1. The first kappa shape index (κ1) is 20.0. The smallest absolute Gasteiger partial charge is 0.268 e. The van der Waals surface area contributed by atoms with E-state index in [9.17, 15) is 9.18 Å². The minimum atomic E-state index is -0.302. The van der Waals surface area contributed by atoms with E-state index >= 15 is 0 Å². The van der Waals surface area contributed by atoms with Gasteiger partial charge in [0.15, 0.2) is 11.5 Å². The largest absolute Gasteiger partial charge is 0.489 e. The van der Waals surface area contributed by atoms with Gasteiger partial charge >= 0.3 is 0 Å². The van der Waals surface area contributed by atoms with Gasteiger partial charge in [0.2, 0.25) is 12.7 Å². The Morgan fingerprint density at radius 3 is 2.84 bits per heavy atom. The summed E-state index contributed by atoms with van der Waals surface area (Å²) in [6, 6.07) is 13.3. The second-order valence-electron chi connectivity index (χ2n) is 6.97. The number of hydrogen-bond donors (Lipinski definition) is 1. The van der Waals surface area contributed by atoms with Gasteiger partial charge in [0.25, 0.3) is 5.91 Å². The van der Waals surface area contributed by atoms with Crippen molar-refractivity contribution in [3.63, 3.8) is 0 Å². The number of aromatic nitrogens is 3. The normalized spacial score (nSPS) is 12.0. The Labute approximate surface area is 186 Å². The van der Waals surface area contributed by atoms with Gasteiger partial charge in [-0.15, -0.1) is 16.4 Å². The third-order valence-electron chi connectivity index (χ3n) is 4.65. The van der Waals surface area contributed by atoms with E-state index in [-0.39, 0.29) is 24.5 Å². The molecule has 2 aromatic carbocycles. The van der Waals surface area contributed by atoms with Crippen LogP contribution < -0.4 is 19.5 Å². The number of carbonyl (C=O) groups is 1. The molecule has 0 aliphatic carbocycles. The summed E-state index contributed by atoms with van der Waals surface area (Å²) in [7, 11) is 0. The van der Waals surface area contributed by atoms with Gasteiger partial charge in [0, 0.05) is 11.6 Å². The Kier molecular flexibility index (Phi) is 5.42. The van der Waals surface area contributed by atoms with Gasteiger partial charge in [0.05, 0.1) is 11.4 Å².